The summed E-state index contributed by atoms with van der Waals surface area (Å²) in [6.45, 7) is 4.03. The molecule has 6 nitrogen and oxygen atoms in total. The largest absolute Gasteiger partial charge is 0.349 e. The first-order chi connectivity index (χ1) is 13.4. The molecule has 9 heteroatoms. The second kappa shape index (κ2) is 8.92. The van der Waals surface area contributed by atoms with Crippen molar-refractivity contribution in [1.82, 2.24) is 20.2 Å². The molecule has 3 rings (SSSR count). The maximum atomic E-state index is 12.7. The fraction of sp³-hybridized carbons (Fsp3) is 0.421. The van der Waals surface area contributed by atoms with Gasteiger partial charge in [-0.1, -0.05) is 29.3 Å². The van der Waals surface area contributed by atoms with Crippen molar-refractivity contribution in [2.45, 2.75) is 38.9 Å². The fourth-order valence-electron chi connectivity index (χ4n) is 2.95. The van der Waals surface area contributed by atoms with Gasteiger partial charge in [-0.15, -0.1) is 0 Å². The Morgan fingerprint density at radius 2 is 2.11 bits per heavy atom. The standard InChI is InChI=1S/C19H22Cl2FN5O/c1-11(8-22)24-18-23-9-14-5-6-27(10-17(14)26-18)19(28)25-12(2)13-3-4-15(20)16(21)7-13/h3-4,7,9,11-12H,5-6,8,10H2,1-2H3,(H,25,28)(H,23,24,26). The lowest BCUT2D eigenvalue weighted by molar-refractivity contribution is 0.188. The summed E-state index contributed by atoms with van der Waals surface area (Å²) in [7, 11) is 0. The van der Waals surface area contributed by atoms with Crippen LogP contribution in [0.1, 0.15) is 36.7 Å². The number of nitrogens with one attached hydrogen (secondary N) is 2. The van der Waals surface area contributed by atoms with Crippen LogP contribution in [0.5, 0.6) is 0 Å². The molecule has 2 aromatic rings. The zero-order valence-corrected chi connectivity index (χ0v) is 17.2. The van der Waals surface area contributed by atoms with E-state index in [1.807, 2.05) is 13.0 Å². The third kappa shape index (κ3) is 4.83. The molecule has 1 aromatic carbocycles. The van der Waals surface area contributed by atoms with Gasteiger partial charge in [0.05, 0.1) is 34.4 Å². The minimum absolute atomic E-state index is 0.186. The Balaban J connectivity index is 1.66. The number of fused-ring (bicyclic) bond motifs is 1. The highest BCUT2D eigenvalue weighted by atomic mass is 35.5. The van der Waals surface area contributed by atoms with E-state index in [4.69, 9.17) is 23.2 Å². The summed E-state index contributed by atoms with van der Waals surface area (Å²) in [5.41, 5.74) is 2.64. The van der Waals surface area contributed by atoms with E-state index in [1.165, 1.54) is 0 Å². The van der Waals surface area contributed by atoms with Crippen molar-refractivity contribution in [2.24, 2.45) is 0 Å². The molecule has 28 heavy (non-hydrogen) atoms. The summed E-state index contributed by atoms with van der Waals surface area (Å²) >= 11 is 12.0. The Kier molecular flexibility index (Phi) is 6.57. The number of carbonyl (C=O) groups is 1. The van der Waals surface area contributed by atoms with Gasteiger partial charge in [0.25, 0.3) is 0 Å². The smallest absolute Gasteiger partial charge is 0.318 e. The second-order valence-corrected chi connectivity index (χ2v) is 7.70. The molecule has 2 unspecified atom stereocenters. The van der Waals surface area contributed by atoms with Gasteiger partial charge in [0, 0.05) is 12.7 Å². The van der Waals surface area contributed by atoms with E-state index in [-0.39, 0.29) is 18.1 Å². The van der Waals surface area contributed by atoms with Crippen LogP contribution in [-0.4, -0.2) is 40.2 Å². The quantitative estimate of drug-likeness (QED) is 0.745. The van der Waals surface area contributed by atoms with Gasteiger partial charge in [-0.3, -0.25) is 0 Å². The number of halogens is 3. The number of benzene rings is 1. The van der Waals surface area contributed by atoms with Gasteiger partial charge >= 0.3 is 6.03 Å². The van der Waals surface area contributed by atoms with Crippen LogP contribution in [-0.2, 0) is 13.0 Å². The van der Waals surface area contributed by atoms with Crippen molar-refractivity contribution in [3.05, 3.63) is 51.3 Å². The van der Waals surface area contributed by atoms with E-state index in [0.717, 1.165) is 16.8 Å². The predicted octanol–water partition coefficient (Wildman–Crippen LogP) is 4.38. The van der Waals surface area contributed by atoms with Crippen molar-refractivity contribution >= 4 is 35.2 Å². The molecule has 0 radical (unpaired) electrons. The van der Waals surface area contributed by atoms with Crippen LogP contribution in [0.4, 0.5) is 15.1 Å². The lowest BCUT2D eigenvalue weighted by Gasteiger charge is -2.29. The van der Waals surface area contributed by atoms with Crippen LogP contribution in [0, 0.1) is 0 Å². The average Bonchev–Trinajstić information content (AvgIpc) is 2.69. The Morgan fingerprint density at radius 3 is 2.82 bits per heavy atom. The van der Waals surface area contributed by atoms with E-state index in [1.54, 1.807) is 30.2 Å². The van der Waals surface area contributed by atoms with Crippen LogP contribution in [0.3, 0.4) is 0 Å². The summed E-state index contributed by atoms with van der Waals surface area (Å²) in [5.74, 6) is 0.371. The number of amides is 2. The van der Waals surface area contributed by atoms with E-state index in [2.05, 4.69) is 20.6 Å². The van der Waals surface area contributed by atoms with Crippen LogP contribution >= 0.6 is 23.2 Å². The Bertz CT molecular complexity index is 866. The molecular weight excluding hydrogens is 404 g/mol. The first-order valence-corrected chi connectivity index (χ1v) is 9.80. The maximum Gasteiger partial charge on any atom is 0.318 e. The molecule has 2 heterocycles. The number of hydrogen-bond donors (Lipinski definition) is 2. The number of alkyl halides is 1. The first kappa shape index (κ1) is 20.6. The molecule has 1 aromatic heterocycles. The first-order valence-electron chi connectivity index (χ1n) is 9.05. The summed E-state index contributed by atoms with van der Waals surface area (Å²) in [5, 5.41) is 6.81. The third-order valence-electron chi connectivity index (χ3n) is 4.62. The van der Waals surface area contributed by atoms with Gasteiger partial charge in [0.1, 0.15) is 6.67 Å². The van der Waals surface area contributed by atoms with Crippen molar-refractivity contribution in [1.29, 1.82) is 0 Å². The number of urea groups is 1. The molecular formula is C19H22Cl2FN5O. The third-order valence-corrected chi connectivity index (χ3v) is 5.36. The Morgan fingerprint density at radius 1 is 1.32 bits per heavy atom. The zero-order chi connectivity index (χ0) is 20.3. The molecule has 2 amide bonds. The molecule has 150 valence electrons. The summed E-state index contributed by atoms with van der Waals surface area (Å²) < 4.78 is 12.7. The van der Waals surface area contributed by atoms with Crippen molar-refractivity contribution in [3.8, 4) is 0 Å². The number of rotatable bonds is 5. The number of carbonyl (C=O) groups excluding carboxylic acids is 1. The van der Waals surface area contributed by atoms with E-state index < -0.39 is 6.67 Å². The number of aromatic nitrogens is 2. The molecule has 1 aliphatic heterocycles. The minimum atomic E-state index is -0.512. The monoisotopic (exact) mass is 425 g/mol. The molecule has 1 aliphatic rings. The Labute approximate surface area is 173 Å². The number of nitrogens with zero attached hydrogens (tertiary/aromatic N) is 3. The molecule has 2 atom stereocenters. The number of anilines is 1. The highest BCUT2D eigenvalue weighted by molar-refractivity contribution is 6.42. The van der Waals surface area contributed by atoms with E-state index in [9.17, 15) is 9.18 Å². The van der Waals surface area contributed by atoms with E-state index >= 15 is 0 Å². The van der Waals surface area contributed by atoms with Gasteiger partial charge in [0.15, 0.2) is 0 Å². The SMILES string of the molecule is CC(CF)Nc1ncc2c(n1)CN(C(=O)NC(C)c1ccc(Cl)c(Cl)c1)CC2. The topological polar surface area (TPSA) is 70.2 Å². The van der Waals surface area contributed by atoms with Crippen LogP contribution in [0.2, 0.25) is 10.0 Å². The van der Waals surface area contributed by atoms with Crippen molar-refractivity contribution in [2.75, 3.05) is 18.5 Å². The maximum absolute atomic E-state index is 12.7. The second-order valence-electron chi connectivity index (χ2n) is 6.88. The van der Waals surface area contributed by atoms with Crippen molar-refractivity contribution in [3.63, 3.8) is 0 Å². The molecule has 0 saturated carbocycles. The molecule has 0 bridgehead atoms. The predicted molar refractivity (Wildman–Crippen MR) is 109 cm³/mol. The van der Waals surface area contributed by atoms with Gasteiger partial charge in [0.2, 0.25) is 5.95 Å². The van der Waals surface area contributed by atoms with Crippen LogP contribution in [0.25, 0.3) is 0 Å². The summed E-state index contributed by atoms with van der Waals surface area (Å²) in [6.07, 6.45) is 2.41. The van der Waals surface area contributed by atoms with Crippen LogP contribution < -0.4 is 10.6 Å². The molecule has 0 saturated heterocycles. The molecule has 0 spiro atoms. The summed E-state index contributed by atoms with van der Waals surface area (Å²) in [4.78, 5) is 23.1. The van der Waals surface area contributed by atoms with Gasteiger partial charge in [-0.05, 0) is 43.5 Å². The minimum Gasteiger partial charge on any atom is -0.349 e. The highest BCUT2D eigenvalue weighted by Crippen LogP contribution is 2.26. The normalized spacial score (nSPS) is 15.5. The molecule has 2 N–H and O–H groups in total. The number of hydrogen-bond acceptors (Lipinski definition) is 4. The fourth-order valence-corrected chi connectivity index (χ4v) is 3.25. The van der Waals surface area contributed by atoms with Gasteiger partial charge in [-0.2, -0.15) is 0 Å². The van der Waals surface area contributed by atoms with Gasteiger partial charge in [-0.25, -0.2) is 19.2 Å². The van der Waals surface area contributed by atoms with Crippen LogP contribution in [0.15, 0.2) is 24.4 Å². The van der Waals surface area contributed by atoms with Crippen molar-refractivity contribution < 1.29 is 9.18 Å². The zero-order valence-electron chi connectivity index (χ0n) is 15.7. The van der Waals surface area contributed by atoms with Gasteiger partial charge < -0.3 is 15.5 Å². The molecule has 0 fully saturated rings. The molecule has 0 aliphatic carbocycles. The average molecular weight is 426 g/mol. The van der Waals surface area contributed by atoms with E-state index in [0.29, 0.717) is 35.5 Å². The summed E-state index contributed by atoms with van der Waals surface area (Å²) in [6, 6.07) is 4.52. The Hall–Kier alpha value is -2.12. The lowest BCUT2D eigenvalue weighted by Crippen LogP contribution is -2.44. The highest BCUT2D eigenvalue weighted by Gasteiger charge is 2.24. The lowest BCUT2D eigenvalue weighted by atomic mass is 10.1.